The van der Waals surface area contributed by atoms with Crippen LogP contribution in [0, 0.1) is 5.92 Å². The molecule has 1 aromatic carbocycles. The van der Waals surface area contributed by atoms with E-state index in [1.807, 2.05) is 0 Å². The zero-order chi connectivity index (χ0) is 12.6. The Morgan fingerprint density at radius 2 is 2.06 bits per heavy atom. The highest BCUT2D eigenvalue weighted by atomic mass is 16.3. The molecule has 3 rings (SSSR count). The molecule has 2 unspecified atom stereocenters. The van der Waals surface area contributed by atoms with Crippen LogP contribution in [0.1, 0.15) is 68.9 Å². The lowest BCUT2D eigenvalue weighted by Gasteiger charge is -2.32. The number of benzene rings is 1. The molecule has 0 aromatic heterocycles. The van der Waals surface area contributed by atoms with Crippen LogP contribution in [0.25, 0.3) is 0 Å². The number of hydrogen-bond acceptors (Lipinski definition) is 1. The van der Waals surface area contributed by atoms with E-state index in [0.29, 0.717) is 5.92 Å². The minimum atomic E-state index is -0.547. The van der Waals surface area contributed by atoms with Crippen LogP contribution in [0.3, 0.4) is 0 Å². The lowest BCUT2D eigenvalue weighted by atomic mass is 9.77. The molecule has 0 heterocycles. The molecular weight excluding hydrogens is 220 g/mol. The van der Waals surface area contributed by atoms with Crippen LogP contribution in [0.15, 0.2) is 24.3 Å². The molecule has 98 valence electrons. The van der Waals surface area contributed by atoms with Crippen molar-refractivity contribution in [3.05, 3.63) is 35.4 Å². The predicted octanol–water partition coefficient (Wildman–Crippen LogP) is 4.35. The smallest absolute Gasteiger partial charge is 0.0924 e. The van der Waals surface area contributed by atoms with E-state index in [2.05, 4.69) is 31.2 Å². The summed E-state index contributed by atoms with van der Waals surface area (Å²) in [5.41, 5.74) is 2.08. The molecule has 0 radical (unpaired) electrons. The van der Waals surface area contributed by atoms with Gasteiger partial charge in [-0.3, -0.25) is 0 Å². The van der Waals surface area contributed by atoms with Crippen molar-refractivity contribution in [2.75, 3.05) is 0 Å². The molecule has 0 aliphatic heterocycles. The third kappa shape index (κ3) is 1.89. The topological polar surface area (TPSA) is 20.2 Å². The lowest BCUT2D eigenvalue weighted by Crippen LogP contribution is -2.30. The fourth-order valence-electron chi connectivity index (χ4n) is 3.79. The van der Waals surface area contributed by atoms with Crippen molar-refractivity contribution in [1.82, 2.24) is 0 Å². The summed E-state index contributed by atoms with van der Waals surface area (Å²) in [6.07, 6.45) is 8.42. The standard InChI is InChI=1S/C17H24O/c1-2-15-10-5-11-17(15,18)16-9-4-8-14(12-16)13-6-3-7-13/h4,8-9,12-13,15,18H,2-3,5-7,10-11H2,1H3. The van der Waals surface area contributed by atoms with Crippen molar-refractivity contribution >= 4 is 0 Å². The molecule has 18 heavy (non-hydrogen) atoms. The first-order chi connectivity index (χ1) is 8.74. The SMILES string of the molecule is CCC1CCCC1(O)c1cccc(C2CCC2)c1. The largest absolute Gasteiger partial charge is 0.385 e. The van der Waals surface area contributed by atoms with Crippen LogP contribution in [-0.4, -0.2) is 5.11 Å². The number of aliphatic hydroxyl groups is 1. The minimum absolute atomic E-state index is 0.453. The van der Waals surface area contributed by atoms with Gasteiger partial charge in [0.2, 0.25) is 0 Å². The maximum atomic E-state index is 11.0. The second kappa shape index (κ2) is 4.70. The Kier molecular flexibility index (Phi) is 3.19. The fourth-order valence-corrected chi connectivity index (χ4v) is 3.79. The summed E-state index contributed by atoms with van der Waals surface area (Å²) >= 11 is 0. The zero-order valence-electron chi connectivity index (χ0n) is 11.4. The Hall–Kier alpha value is -0.820. The van der Waals surface area contributed by atoms with E-state index in [1.165, 1.54) is 43.2 Å². The fraction of sp³-hybridized carbons (Fsp3) is 0.647. The van der Waals surface area contributed by atoms with Gasteiger partial charge in [-0.2, -0.15) is 0 Å². The van der Waals surface area contributed by atoms with Gasteiger partial charge in [0, 0.05) is 0 Å². The highest BCUT2D eigenvalue weighted by Crippen LogP contribution is 2.46. The second-order valence-corrected chi connectivity index (χ2v) is 6.17. The van der Waals surface area contributed by atoms with Crippen molar-refractivity contribution < 1.29 is 5.11 Å². The molecule has 1 heteroatoms. The molecule has 0 saturated heterocycles. The van der Waals surface area contributed by atoms with E-state index in [0.717, 1.165) is 18.8 Å². The van der Waals surface area contributed by atoms with Gasteiger partial charge in [-0.05, 0) is 55.1 Å². The third-order valence-electron chi connectivity index (χ3n) is 5.24. The van der Waals surface area contributed by atoms with E-state index >= 15 is 0 Å². The number of hydrogen-bond donors (Lipinski definition) is 1. The van der Waals surface area contributed by atoms with Gasteiger partial charge in [-0.1, -0.05) is 44.0 Å². The Balaban J connectivity index is 1.90. The lowest BCUT2D eigenvalue weighted by molar-refractivity contribution is -0.00398. The van der Waals surface area contributed by atoms with Crippen LogP contribution in [-0.2, 0) is 5.60 Å². The van der Waals surface area contributed by atoms with Crippen molar-refractivity contribution in [2.24, 2.45) is 5.92 Å². The highest BCUT2D eigenvalue weighted by molar-refractivity contribution is 5.32. The summed E-state index contributed by atoms with van der Waals surface area (Å²) < 4.78 is 0. The highest BCUT2D eigenvalue weighted by Gasteiger charge is 2.41. The van der Waals surface area contributed by atoms with E-state index in [4.69, 9.17) is 0 Å². The zero-order valence-corrected chi connectivity index (χ0v) is 11.4. The molecule has 2 saturated carbocycles. The first kappa shape index (κ1) is 12.2. The molecule has 1 aromatic rings. The van der Waals surface area contributed by atoms with Crippen LogP contribution >= 0.6 is 0 Å². The normalized spacial score (nSPS) is 32.4. The predicted molar refractivity (Wildman–Crippen MR) is 74.6 cm³/mol. The van der Waals surface area contributed by atoms with E-state index in [1.54, 1.807) is 0 Å². The van der Waals surface area contributed by atoms with Crippen LogP contribution in [0.4, 0.5) is 0 Å². The van der Waals surface area contributed by atoms with Gasteiger partial charge in [-0.15, -0.1) is 0 Å². The summed E-state index contributed by atoms with van der Waals surface area (Å²) in [6, 6.07) is 8.81. The maximum Gasteiger partial charge on any atom is 0.0924 e. The van der Waals surface area contributed by atoms with Gasteiger partial charge in [0.05, 0.1) is 5.60 Å². The third-order valence-corrected chi connectivity index (χ3v) is 5.24. The van der Waals surface area contributed by atoms with E-state index < -0.39 is 5.60 Å². The van der Waals surface area contributed by atoms with Gasteiger partial charge < -0.3 is 5.11 Å². The average molecular weight is 244 g/mol. The Morgan fingerprint density at radius 3 is 2.72 bits per heavy atom. The summed E-state index contributed by atoms with van der Waals surface area (Å²) in [4.78, 5) is 0. The van der Waals surface area contributed by atoms with Gasteiger partial charge in [-0.25, -0.2) is 0 Å². The second-order valence-electron chi connectivity index (χ2n) is 6.17. The summed E-state index contributed by atoms with van der Waals surface area (Å²) in [5.74, 6) is 1.21. The first-order valence-corrected chi connectivity index (χ1v) is 7.57. The Bertz CT molecular complexity index is 421. The van der Waals surface area contributed by atoms with E-state index in [-0.39, 0.29) is 0 Å². The molecule has 2 aliphatic rings. The van der Waals surface area contributed by atoms with Crippen molar-refractivity contribution in [3.8, 4) is 0 Å². The summed E-state index contributed by atoms with van der Waals surface area (Å²) in [6.45, 7) is 2.21. The molecule has 2 aliphatic carbocycles. The minimum Gasteiger partial charge on any atom is -0.385 e. The first-order valence-electron chi connectivity index (χ1n) is 7.57. The quantitative estimate of drug-likeness (QED) is 0.838. The molecule has 0 spiro atoms. The van der Waals surface area contributed by atoms with Crippen molar-refractivity contribution in [2.45, 2.75) is 63.4 Å². The van der Waals surface area contributed by atoms with Crippen LogP contribution in [0.5, 0.6) is 0 Å². The summed E-state index contributed by atoms with van der Waals surface area (Å²) in [7, 11) is 0. The van der Waals surface area contributed by atoms with Crippen LogP contribution < -0.4 is 0 Å². The van der Waals surface area contributed by atoms with Gasteiger partial charge in [0.1, 0.15) is 0 Å². The number of rotatable bonds is 3. The van der Waals surface area contributed by atoms with Crippen LogP contribution in [0.2, 0.25) is 0 Å². The van der Waals surface area contributed by atoms with Crippen molar-refractivity contribution in [3.63, 3.8) is 0 Å². The molecule has 0 bridgehead atoms. The Labute approximate surface area is 110 Å². The van der Waals surface area contributed by atoms with Crippen molar-refractivity contribution in [1.29, 1.82) is 0 Å². The molecule has 2 fully saturated rings. The molecule has 1 nitrogen and oxygen atoms in total. The molecular formula is C17H24O. The molecule has 0 amide bonds. The average Bonchev–Trinajstić information content (AvgIpc) is 2.70. The monoisotopic (exact) mass is 244 g/mol. The summed E-state index contributed by atoms with van der Waals surface area (Å²) in [5, 5.41) is 11.0. The van der Waals surface area contributed by atoms with Gasteiger partial charge in [0.15, 0.2) is 0 Å². The van der Waals surface area contributed by atoms with E-state index in [9.17, 15) is 5.11 Å². The molecule has 1 N–H and O–H groups in total. The molecule has 2 atom stereocenters. The van der Waals surface area contributed by atoms with Gasteiger partial charge >= 0.3 is 0 Å². The van der Waals surface area contributed by atoms with Gasteiger partial charge in [0.25, 0.3) is 0 Å². The Morgan fingerprint density at radius 1 is 1.22 bits per heavy atom. The maximum absolute atomic E-state index is 11.0.